The molecule has 1 atom stereocenters. The van der Waals surface area contributed by atoms with E-state index in [0.29, 0.717) is 5.25 Å². The lowest BCUT2D eigenvalue weighted by atomic mass is 10.1. The molecule has 1 aliphatic heterocycles. The van der Waals surface area contributed by atoms with Gasteiger partial charge in [0.2, 0.25) is 0 Å². The quantitative estimate of drug-likeness (QED) is 0.898. The number of nitrogens with one attached hydrogen (secondary N) is 1. The van der Waals surface area contributed by atoms with Gasteiger partial charge in [0.05, 0.1) is 5.56 Å². The van der Waals surface area contributed by atoms with Crippen LogP contribution in [0.1, 0.15) is 42.6 Å². The zero-order valence-electron chi connectivity index (χ0n) is 13.3. The molecule has 1 heterocycles. The monoisotopic (exact) mass is 306 g/mol. The number of thioether (sulfide) groups is 1. The minimum atomic E-state index is 0.177. The van der Waals surface area contributed by atoms with Gasteiger partial charge >= 0.3 is 0 Å². The van der Waals surface area contributed by atoms with Crippen LogP contribution in [-0.4, -0.2) is 41.4 Å². The van der Waals surface area contributed by atoms with E-state index in [2.05, 4.69) is 25.2 Å². The molecule has 0 bridgehead atoms. The van der Waals surface area contributed by atoms with Crippen LogP contribution < -0.4 is 5.32 Å². The molecule has 1 fully saturated rings. The molecule has 1 aromatic rings. The van der Waals surface area contributed by atoms with Crippen molar-refractivity contribution < 1.29 is 4.79 Å². The fraction of sp³-hybridized carbons (Fsp3) is 0.588. The second-order valence-electron chi connectivity index (χ2n) is 5.63. The first-order chi connectivity index (χ1) is 10.2. The van der Waals surface area contributed by atoms with E-state index in [1.54, 1.807) is 0 Å². The summed E-state index contributed by atoms with van der Waals surface area (Å²) in [6, 6.07) is 6.12. The molecule has 0 aliphatic carbocycles. The zero-order chi connectivity index (χ0) is 15.2. The molecular weight excluding hydrogens is 280 g/mol. The smallest absolute Gasteiger partial charge is 0.256 e. The van der Waals surface area contributed by atoms with Gasteiger partial charge in [-0.25, -0.2) is 0 Å². The second kappa shape index (κ2) is 7.74. The highest BCUT2D eigenvalue weighted by atomic mass is 32.2. The Balaban J connectivity index is 2.18. The number of carbonyl (C=O) groups is 1. The lowest BCUT2D eigenvalue weighted by molar-refractivity contribution is 0.0762. The number of hydrogen-bond donors (Lipinski definition) is 1. The number of nitrogens with zero attached hydrogens (tertiary/aromatic N) is 1. The van der Waals surface area contributed by atoms with Crippen LogP contribution in [0.25, 0.3) is 0 Å². The molecule has 4 heteroatoms. The first kappa shape index (κ1) is 16.2. The van der Waals surface area contributed by atoms with Gasteiger partial charge in [0.15, 0.2) is 0 Å². The Kier molecular flexibility index (Phi) is 5.97. The van der Waals surface area contributed by atoms with Crippen molar-refractivity contribution in [2.75, 3.05) is 30.7 Å². The molecular formula is C17H26N2OS. The summed E-state index contributed by atoms with van der Waals surface area (Å²) in [7, 11) is 0. The maximum Gasteiger partial charge on any atom is 0.256 e. The number of benzene rings is 1. The molecule has 1 amide bonds. The molecule has 2 rings (SSSR count). The molecule has 0 saturated carbocycles. The number of hydrogen-bond acceptors (Lipinski definition) is 3. The Bertz CT molecular complexity index is 490. The van der Waals surface area contributed by atoms with Gasteiger partial charge in [-0.15, -0.1) is 0 Å². The molecule has 0 radical (unpaired) electrons. The van der Waals surface area contributed by atoms with Gasteiger partial charge in [-0.3, -0.25) is 4.79 Å². The van der Waals surface area contributed by atoms with E-state index >= 15 is 0 Å². The van der Waals surface area contributed by atoms with E-state index < -0.39 is 0 Å². The fourth-order valence-corrected chi connectivity index (χ4v) is 3.75. The number of rotatable bonds is 5. The van der Waals surface area contributed by atoms with Crippen LogP contribution in [0.2, 0.25) is 0 Å². The van der Waals surface area contributed by atoms with Crippen molar-refractivity contribution in [3.05, 3.63) is 29.3 Å². The standard InChI is InChI=1S/C17H26N2OS/c1-4-8-18-16-7-6-13(3)11-15(16)17(20)19-9-10-21-14(5-2)12-19/h6-7,11,14,18H,4-5,8-10,12H2,1-3H3. The first-order valence-corrected chi connectivity index (χ1v) is 8.96. The lowest BCUT2D eigenvalue weighted by Gasteiger charge is -2.32. The predicted molar refractivity (Wildman–Crippen MR) is 92.4 cm³/mol. The summed E-state index contributed by atoms with van der Waals surface area (Å²) < 4.78 is 0. The van der Waals surface area contributed by atoms with Crippen molar-refractivity contribution in [2.45, 2.75) is 38.9 Å². The van der Waals surface area contributed by atoms with Crippen molar-refractivity contribution in [2.24, 2.45) is 0 Å². The highest BCUT2D eigenvalue weighted by Crippen LogP contribution is 2.25. The van der Waals surface area contributed by atoms with E-state index in [1.807, 2.05) is 35.7 Å². The average molecular weight is 306 g/mol. The minimum Gasteiger partial charge on any atom is -0.384 e. The Morgan fingerprint density at radius 1 is 1.43 bits per heavy atom. The third kappa shape index (κ3) is 4.16. The molecule has 116 valence electrons. The van der Waals surface area contributed by atoms with Gasteiger partial charge < -0.3 is 10.2 Å². The van der Waals surface area contributed by atoms with Crippen molar-refractivity contribution in [3.63, 3.8) is 0 Å². The second-order valence-corrected chi connectivity index (χ2v) is 7.04. The van der Waals surface area contributed by atoms with Crippen LogP contribution in [0.5, 0.6) is 0 Å². The summed E-state index contributed by atoms with van der Waals surface area (Å²) in [5, 5.41) is 3.97. The fourth-order valence-electron chi connectivity index (χ4n) is 2.57. The predicted octanol–water partition coefficient (Wildman–Crippen LogP) is 3.78. The highest BCUT2D eigenvalue weighted by molar-refractivity contribution is 8.00. The van der Waals surface area contributed by atoms with E-state index in [1.165, 1.54) is 0 Å². The number of carbonyl (C=O) groups excluding carboxylic acids is 1. The molecule has 0 spiro atoms. The van der Waals surface area contributed by atoms with E-state index in [-0.39, 0.29) is 5.91 Å². The van der Waals surface area contributed by atoms with Crippen molar-refractivity contribution >= 4 is 23.4 Å². The molecule has 1 aliphatic rings. The number of aryl methyl sites for hydroxylation is 1. The van der Waals surface area contributed by atoms with Gasteiger partial charge in [0.1, 0.15) is 0 Å². The molecule has 1 aromatic carbocycles. The van der Waals surface area contributed by atoms with Gasteiger partial charge in [0, 0.05) is 36.3 Å². The van der Waals surface area contributed by atoms with Gasteiger partial charge in [-0.1, -0.05) is 25.5 Å². The maximum atomic E-state index is 12.9. The van der Waals surface area contributed by atoms with Gasteiger partial charge in [-0.05, 0) is 31.9 Å². The van der Waals surface area contributed by atoms with Crippen molar-refractivity contribution in [1.82, 2.24) is 4.90 Å². The van der Waals surface area contributed by atoms with Crippen LogP contribution >= 0.6 is 11.8 Å². The van der Waals surface area contributed by atoms with Crippen LogP contribution in [0, 0.1) is 6.92 Å². The van der Waals surface area contributed by atoms with E-state index in [0.717, 1.165) is 55.0 Å². The van der Waals surface area contributed by atoms with Gasteiger partial charge in [0.25, 0.3) is 5.91 Å². The Hall–Kier alpha value is -1.16. The highest BCUT2D eigenvalue weighted by Gasteiger charge is 2.25. The summed E-state index contributed by atoms with van der Waals surface area (Å²) in [6.45, 7) is 9.02. The summed E-state index contributed by atoms with van der Waals surface area (Å²) in [5.74, 6) is 1.23. The lowest BCUT2D eigenvalue weighted by Crippen LogP contribution is -2.42. The minimum absolute atomic E-state index is 0.177. The Morgan fingerprint density at radius 2 is 2.24 bits per heavy atom. The Morgan fingerprint density at radius 3 is 2.95 bits per heavy atom. The summed E-state index contributed by atoms with van der Waals surface area (Å²) in [4.78, 5) is 14.9. The largest absolute Gasteiger partial charge is 0.384 e. The van der Waals surface area contributed by atoms with Crippen molar-refractivity contribution in [1.29, 1.82) is 0 Å². The molecule has 3 nitrogen and oxygen atoms in total. The van der Waals surface area contributed by atoms with Crippen LogP contribution in [0.4, 0.5) is 5.69 Å². The summed E-state index contributed by atoms with van der Waals surface area (Å²) >= 11 is 1.99. The number of anilines is 1. The molecule has 1 N–H and O–H groups in total. The molecule has 1 unspecified atom stereocenters. The number of amides is 1. The van der Waals surface area contributed by atoms with Crippen LogP contribution in [-0.2, 0) is 0 Å². The summed E-state index contributed by atoms with van der Waals surface area (Å²) in [5.41, 5.74) is 2.93. The average Bonchev–Trinajstić information content (AvgIpc) is 2.53. The van der Waals surface area contributed by atoms with Crippen LogP contribution in [0.15, 0.2) is 18.2 Å². The van der Waals surface area contributed by atoms with Crippen LogP contribution in [0.3, 0.4) is 0 Å². The molecule has 21 heavy (non-hydrogen) atoms. The summed E-state index contributed by atoms with van der Waals surface area (Å²) in [6.07, 6.45) is 2.18. The zero-order valence-corrected chi connectivity index (χ0v) is 14.1. The van der Waals surface area contributed by atoms with Gasteiger partial charge in [-0.2, -0.15) is 11.8 Å². The Labute approximate surface area is 132 Å². The SMILES string of the molecule is CCCNc1ccc(C)cc1C(=O)N1CCSC(CC)C1. The van der Waals surface area contributed by atoms with E-state index in [9.17, 15) is 4.79 Å². The molecule has 0 aromatic heterocycles. The first-order valence-electron chi connectivity index (χ1n) is 7.91. The third-order valence-electron chi connectivity index (χ3n) is 3.85. The maximum absolute atomic E-state index is 12.9. The topological polar surface area (TPSA) is 32.3 Å². The third-order valence-corrected chi connectivity index (χ3v) is 5.22. The normalized spacial score (nSPS) is 18.6. The molecule has 1 saturated heterocycles. The van der Waals surface area contributed by atoms with Crippen molar-refractivity contribution in [3.8, 4) is 0 Å². The van der Waals surface area contributed by atoms with E-state index in [4.69, 9.17) is 0 Å².